The predicted molar refractivity (Wildman–Crippen MR) is 80.7 cm³/mol. The molecule has 2 bridgehead atoms. The van der Waals surface area contributed by atoms with Crippen LogP contribution in [0.5, 0.6) is 0 Å². The summed E-state index contributed by atoms with van der Waals surface area (Å²) in [5, 5.41) is 12.2. The van der Waals surface area contributed by atoms with Gasteiger partial charge in [0.1, 0.15) is 5.82 Å². The molecule has 1 amide bonds. The highest BCUT2D eigenvalue weighted by atomic mass is 79.9. The van der Waals surface area contributed by atoms with Gasteiger partial charge >= 0.3 is 5.97 Å². The molecule has 5 nitrogen and oxygen atoms in total. The lowest BCUT2D eigenvalue weighted by Gasteiger charge is -2.23. The summed E-state index contributed by atoms with van der Waals surface area (Å²) < 4.78 is 0.837. The Bertz CT molecular complexity index is 644. The first kappa shape index (κ1) is 14.3. The molecule has 0 spiro atoms. The van der Waals surface area contributed by atoms with Crippen LogP contribution < -0.4 is 5.32 Å². The van der Waals surface area contributed by atoms with E-state index in [-0.39, 0.29) is 17.7 Å². The standard InChI is InChI=1S/C15H15BrN2O3/c1-7-4-10(16)6-17-13(7)18-14(19)11-8-2-3-9(5-8)12(11)15(20)21/h2-4,6,8-9,11-12H,5H2,1H3,(H,20,21)(H,17,18,19). The van der Waals surface area contributed by atoms with Gasteiger partial charge in [0.05, 0.1) is 11.8 Å². The van der Waals surface area contributed by atoms with E-state index in [0.29, 0.717) is 5.82 Å². The number of fused-ring (bicyclic) bond motifs is 2. The number of hydrogen-bond donors (Lipinski definition) is 2. The molecule has 4 atom stereocenters. The maximum absolute atomic E-state index is 12.5. The number of rotatable bonds is 3. The third-order valence-electron chi connectivity index (χ3n) is 4.33. The van der Waals surface area contributed by atoms with Crippen molar-refractivity contribution in [1.29, 1.82) is 0 Å². The van der Waals surface area contributed by atoms with Crippen LogP contribution in [0.25, 0.3) is 0 Å². The van der Waals surface area contributed by atoms with E-state index in [0.717, 1.165) is 16.5 Å². The minimum Gasteiger partial charge on any atom is -0.481 e. The van der Waals surface area contributed by atoms with Crippen molar-refractivity contribution >= 4 is 33.6 Å². The molecule has 4 unspecified atom stereocenters. The molecule has 2 N–H and O–H groups in total. The Hall–Kier alpha value is -1.69. The van der Waals surface area contributed by atoms with Gasteiger partial charge in [0.2, 0.25) is 5.91 Å². The van der Waals surface area contributed by atoms with Gasteiger partial charge in [-0.05, 0) is 52.7 Å². The normalized spacial score (nSPS) is 29.6. The largest absolute Gasteiger partial charge is 0.481 e. The van der Waals surface area contributed by atoms with Gasteiger partial charge in [0.25, 0.3) is 0 Å². The number of aryl methyl sites for hydroxylation is 1. The van der Waals surface area contributed by atoms with Gasteiger partial charge < -0.3 is 10.4 Å². The van der Waals surface area contributed by atoms with E-state index in [9.17, 15) is 14.7 Å². The summed E-state index contributed by atoms with van der Waals surface area (Å²) in [6, 6.07) is 1.86. The van der Waals surface area contributed by atoms with Gasteiger partial charge in [-0.3, -0.25) is 9.59 Å². The number of carbonyl (C=O) groups is 2. The van der Waals surface area contributed by atoms with Crippen LogP contribution in [0, 0.1) is 30.6 Å². The van der Waals surface area contributed by atoms with E-state index in [1.165, 1.54) is 0 Å². The maximum atomic E-state index is 12.5. The highest BCUT2D eigenvalue weighted by molar-refractivity contribution is 9.10. The molecule has 1 aromatic rings. The third-order valence-corrected chi connectivity index (χ3v) is 4.77. The molecule has 1 aromatic heterocycles. The molecule has 0 saturated heterocycles. The molecule has 21 heavy (non-hydrogen) atoms. The lowest BCUT2D eigenvalue weighted by molar-refractivity contribution is -0.146. The zero-order valence-electron chi connectivity index (χ0n) is 11.4. The highest BCUT2D eigenvalue weighted by Gasteiger charge is 2.51. The van der Waals surface area contributed by atoms with Gasteiger partial charge in [-0.25, -0.2) is 4.98 Å². The van der Waals surface area contributed by atoms with Crippen LogP contribution in [-0.4, -0.2) is 22.0 Å². The quantitative estimate of drug-likeness (QED) is 0.821. The van der Waals surface area contributed by atoms with E-state index >= 15 is 0 Å². The van der Waals surface area contributed by atoms with Crippen molar-refractivity contribution < 1.29 is 14.7 Å². The Balaban J connectivity index is 1.82. The molecule has 2 aliphatic rings. The summed E-state index contributed by atoms with van der Waals surface area (Å²) in [5.41, 5.74) is 0.836. The average molecular weight is 351 g/mol. The van der Waals surface area contributed by atoms with Crippen molar-refractivity contribution in [2.75, 3.05) is 5.32 Å². The van der Waals surface area contributed by atoms with Crippen molar-refractivity contribution in [1.82, 2.24) is 4.98 Å². The number of anilines is 1. The van der Waals surface area contributed by atoms with Crippen molar-refractivity contribution in [2.45, 2.75) is 13.3 Å². The van der Waals surface area contributed by atoms with Crippen LogP contribution in [0.4, 0.5) is 5.82 Å². The van der Waals surface area contributed by atoms with Gasteiger partial charge in [0.15, 0.2) is 0 Å². The number of aromatic nitrogens is 1. The Kier molecular flexibility index (Phi) is 3.57. The summed E-state index contributed by atoms with van der Waals surface area (Å²) in [6.45, 7) is 1.85. The van der Waals surface area contributed by atoms with E-state index in [2.05, 4.69) is 26.2 Å². The van der Waals surface area contributed by atoms with Gasteiger partial charge in [-0.15, -0.1) is 0 Å². The summed E-state index contributed by atoms with van der Waals surface area (Å²) >= 11 is 3.32. The molecule has 0 aliphatic heterocycles. The van der Waals surface area contributed by atoms with Crippen molar-refractivity contribution in [3.05, 3.63) is 34.5 Å². The maximum Gasteiger partial charge on any atom is 0.307 e. The third kappa shape index (κ3) is 2.48. The van der Waals surface area contributed by atoms with Crippen molar-refractivity contribution in [2.24, 2.45) is 23.7 Å². The van der Waals surface area contributed by atoms with E-state index in [4.69, 9.17) is 0 Å². The number of nitrogens with one attached hydrogen (secondary N) is 1. The minimum atomic E-state index is -0.896. The Morgan fingerprint density at radius 2 is 2.00 bits per heavy atom. The van der Waals surface area contributed by atoms with Gasteiger partial charge in [0, 0.05) is 10.7 Å². The van der Waals surface area contributed by atoms with E-state index < -0.39 is 17.8 Å². The zero-order chi connectivity index (χ0) is 15.1. The van der Waals surface area contributed by atoms with Crippen LogP contribution in [0.15, 0.2) is 28.9 Å². The van der Waals surface area contributed by atoms with Gasteiger partial charge in [-0.2, -0.15) is 0 Å². The number of pyridine rings is 1. The molecular formula is C15H15BrN2O3. The molecule has 1 heterocycles. The van der Waals surface area contributed by atoms with E-state index in [1.54, 1.807) is 6.20 Å². The average Bonchev–Trinajstić information content (AvgIpc) is 3.02. The fourth-order valence-corrected chi connectivity index (χ4v) is 3.83. The second kappa shape index (κ2) is 5.26. The minimum absolute atomic E-state index is 0.0202. The fraction of sp³-hybridized carbons (Fsp3) is 0.400. The van der Waals surface area contributed by atoms with Crippen LogP contribution in [0.2, 0.25) is 0 Å². The summed E-state index contributed by atoms with van der Waals surface area (Å²) in [7, 11) is 0. The number of aliphatic carboxylic acids is 1. The lowest BCUT2D eigenvalue weighted by atomic mass is 9.82. The highest BCUT2D eigenvalue weighted by Crippen LogP contribution is 2.48. The number of allylic oxidation sites excluding steroid dienone is 2. The number of carbonyl (C=O) groups excluding carboxylic acids is 1. The Morgan fingerprint density at radius 3 is 2.62 bits per heavy atom. The lowest BCUT2D eigenvalue weighted by Crippen LogP contribution is -2.36. The molecule has 1 fully saturated rings. The second-order valence-electron chi connectivity index (χ2n) is 5.65. The molecule has 110 valence electrons. The SMILES string of the molecule is Cc1cc(Br)cnc1NC(=O)C1C2C=CC(C2)C1C(=O)O. The number of carboxylic acids is 1. The molecule has 3 rings (SSSR count). The Labute approximate surface area is 130 Å². The Morgan fingerprint density at radius 1 is 1.33 bits per heavy atom. The first-order valence-corrected chi connectivity index (χ1v) is 7.61. The van der Waals surface area contributed by atoms with E-state index in [1.807, 2.05) is 25.1 Å². The molecule has 1 saturated carbocycles. The molecular weight excluding hydrogens is 336 g/mol. The van der Waals surface area contributed by atoms with Gasteiger partial charge in [-0.1, -0.05) is 12.2 Å². The first-order valence-electron chi connectivity index (χ1n) is 6.81. The summed E-state index contributed by atoms with van der Waals surface area (Å²) in [5.74, 6) is -1.81. The number of amides is 1. The predicted octanol–water partition coefficient (Wildman–Crippen LogP) is 2.61. The monoisotopic (exact) mass is 350 g/mol. The van der Waals surface area contributed by atoms with Crippen LogP contribution >= 0.6 is 15.9 Å². The second-order valence-corrected chi connectivity index (χ2v) is 6.56. The molecule has 0 aromatic carbocycles. The zero-order valence-corrected chi connectivity index (χ0v) is 13.0. The number of hydrogen-bond acceptors (Lipinski definition) is 3. The molecule has 2 aliphatic carbocycles. The molecule has 6 heteroatoms. The first-order chi connectivity index (χ1) is 9.97. The smallest absolute Gasteiger partial charge is 0.307 e. The summed E-state index contributed by atoms with van der Waals surface area (Å²) in [4.78, 5) is 28.1. The van der Waals surface area contributed by atoms with Crippen LogP contribution in [0.1, 0.15) is 12.0 Å². The number of carboxylic acid groups (broad SMARTS) is 1. The number of nitrogens with zero attached hydrogens (tertiary/aromatic N) is 1. The summed E-state index contributed by atoms with van der Waals surface area (Å²) in [6.07, 6.45) is 6.26. The fourth-order valence-electron chi connectivity index (χ4n) is 3.39. The van der Waals surface area contributed by atoms with Crippen molar-refractivity contribution in [3.8, 4) is 0 Å². The topological polar surface area (TPSA) is 79.3 Å². The van der Waals surface area contributed by atoms with Crippen LogP contribution in [0.3, 0.4) is 0 Å². The van der Waals surface area contributed by atoms with Crippen molar-refractivity contribution in [3.63, 3.8) is 0 Å². The molecule has 0 radical (unpaired) electrons. The number of halogens is 1. The van der Waals surface area contributed by atoms with Crippen LogP contribution in [-0.2, 0) is 9.59 Å².